The zero-order valence-corrected chi connectivity index (χ0v) is 15.2. The molecule has 1 aliphatic heterocycles. The van der Waals surface area contributed by atoms with E-state index in [2.05, 4.69) is 19.9 Å². The summed E-state index contributed by atoms with van der Waals surface area (Å²) in [5, 5.41) is 0. The van der Waals surface area contributed by atoms with Gasteiger partial charge in [0.15, 0.2) is 0 Å². The molecule has 5 heteroatoms. The van der Waals surface area contributed by atoms with Gasteiger partial charge in [0.2, 0.25) is 0 Å². The minimum Gasteiger partial charge on any atom is -0.426 e. The highest BCUT2D eigenvalue weighted by atomic mass is 16.6. The lowest BCUT2D eigenvalue weighted by Crippen LogP contribution is -2.13. The Kier molecular flexibility index (Phi) is 4.69. The molecule has 1 atom stereocenters. The summed E-state index contributed by atoms with van der Waals surface area (Å²) in [4.78, 5) is 22.7. The number of rotatable bonds is 5. The second-order valence-electron chi connectivity index (χ2n) is 7.20. The summed E-state index contributed by atoms with van der Waals surface area (Å²) in [7, 11) is 0. The Labute approximate surface area is 148 Å². The van der Waals surface area contributed by atoms with E-state index in [9.17, 15) is 9.59 Å². The van der Waals surface area contributed by atoms with Gasteiger partial charge in [0.05, 0.1) is 11.7 Å². The van der Waals surface area contributed by atoms with Gasteiger partial charge in [-0.25, -0.2) is 0 Å². The summed E-state index contributed by atoms with van der Waals surface area (Å²) in [6.07, 6.45) is 5.79. The van der Waals surface area contributed by atoms with Crippen LogP contribution in [0.1, 0.15) is 51.7 Å². The van der Waals surface area contributed by atoms with Gasteiger partial charge in [0, 0.05) is 25.0 Å². The molecular formula is C20H24O5. The first-order valence-electron chi connectivity index (χ1n) is 8.63. The molecule has 1 aromatic carbocycles. The molecular weight excluding hydrogens is 320 g/mol. The minimum atomic E-state index is -0.356. The maximum absolute atomic E-state index is 11.4. The normalized spacial score (nSPS) is 20.3. The molecule has 0 spiro atoms. The molecule has 0 aromatic heterocycles. The molecule has 1 fully saturated rings. The lowest BCUT2D eigenvalue weighted by Gasteiger charge is -2.22. The van der Waals surface area contributed by atoms with Crippen molar-refractivity contribution in [3.63, 3.8) is 0 Å². The second kappa shape index (κ2) is 6.64. The van der Waals surface area contributed by atoms with Crippen LogP contribution in [-0.2, 0) is 27.2 Å². The van der Waals surface area contributed by atoms with Crippen LogP contribution in [0.3, 0.4) is 0 Å². The summed E-state index contributed by atoms with van der Waals surface area (Å²) < 4.78 is 16.3. The van der Waals surface area contributed by atoms with E-state index in [1.54, 1.807) is 12.1 Å². The fourth-order valence-electron chi connectivity index (χ4n) is 3.36. The van der Waals surface area contributed by atoms with E-state index < -0.39 is 0 Å². The van der Waals surface area contributed by atoms with E-state index in [0.717, 1.165) is 24.0 Å². The van der Waals surface area contributed by atoms with Gasteiger partial charge in [-0.1, -0.05) is 11.6 Å². The summed E-state index contributed by atoms with van der Waals surface area (Å²) in [5.74, 6) is 0.379. The Morgan fingerprint density at radius 3 is 2.20 bits per heavy atom. The van der Waals surface area contributed by atoms with E-state index >= 15 is 0 Å². The number of benzene rings is 1. The number of ether oxygens (including phenoxy) is 3. The first kappa shape index (κ1) is 17.7. The Hall–Kier alpha value is -2.14. The first-order chi connectivity index (χ1) is 11.8. The Bertz CT molecular complexity index is 745. The molecule has 3 rings (SSSR count). The molecule has 0 amide bonds. The van der Waals surface area contributed by atoms with Gasteiger partial charge in [-0.3, -0.25) is 9.59 Å². The van der Waals surface area contributed by atoms with E-state index in [1.165, 1.54) is 19.4 Å². The quantitative estimate of drug-likeness (QED) is 0.354. The van der Waals surface area contributed by atoms with Gasteiger partial charge >= 0.3 is 11.9 Å². The third kappa shape index (κ3) is 4.10. The molecule has 1 aromatic rings. The van der Waals surface area contributed by atoms with E-state index in [4.69, 9.17) is 14.2 Å². The average molecular weight is 344 g/mol. The number of allylic oxidation sites excluding steroid dienone is 2. The van der Waals surface area contributed by atoms with Crippen LogP contribution in [0.2, 0.25) is 0 Å². The maximum atomic E-state index is 11.4. The summed E-state index contributed by atoms with van der Waals surface area (Å²) in [5.41, 5.74) is 3.15. The first-order valence-corrected chi connectivity index (χ1v) is 8.63. The fourth-order valence-corrected chi connectivity index (χ4v) is 3.36. The monoisotopic (exact) mass is 344 g/mol. The van der Waals surface area contributed by atoms with Crippen molar-refractivity contribution >= 4 is 11.9 Å². The summed E-state index contributed by atoms with van der Waals surface area (Å²) >= 11 is 0. The van der Waals surface area contributed by atoms with Crippen molar-refractivity contribution in [2.24, 2.45) is 0 Å². The van der Waals surface area contributed by atoms with Crippen LogP contribution in [0.25, 0.3) is 0 Å². The van der Waals surface area contributed by atoms with Crippen molar-refractivity contribution in [3.05, 3.63) is 34.9 Å². The molecule has 0 bridgehead atoms. The maximum Gasteiger partial charge on any atom is 0.308 e. The topological polar surface area (TPSA) is 65.1 Å². The van der Waals surface area contributed by atoms with Crippen molar-refractivity contribution < 1.29 is 23.8 Å². The van der Waals surface area contributed by atoms with Crippen LogP contribution in [0.4, 0.5) is 0 Å². The van der Waals surface area contributed by atoms with Gasteiger partial charge in [0.25, 0.3) is 0 Å². The molecule has 0 saturated carbocycles. The van der Waals surface area contributed by atoms with Gasteiger partial charge < -0.3 is 14.2 Å². The van der Waals surface area contributed by atoms with Crippen molar-refractivity contribution in [1.29, 1.82) is 0 Å². The molecule has 25 heavy (non-hydrogen) atoms. The number of hydrogen-bond donors (Lipinski definition) is 0. The zero-order chi connectivity index (χ0) is 18.2. The summed E-state index contributed by atoms with van der Waals surface area (Å²) in [6, 6.07) is 3.40. The Morgan fingerprint density at radius 2 is 1.68 bits per heavy atom. The molecule has 1 aliphatic carbocycles. The van der Waals surface area contributed by atoms with Crippen LogP contribution in [0.15, 0.2) is 23.8 Å². The summed E-state index contributed by atoms with van der Waals surface area (Å²) in [6.45, 7) is 6.98. The smallest absolute Gasteiger partial charge is 0.308 e. The highest BCUT2D eigenvalue weighted by Crippen LogP contribution is 2.41. The highest BCUT2D eigenvalue weighted by Gasteiger charge is 2.46. The average Bonchev–Trinajstić information content (AvgIpc) is 3.14. The van der Waals surface area contributed by atoms with E-state index in [0.29, 0.717) is 30.4 Å². The van der Waals surface area contributed by atoms with Crippen LogP contribution in [0, 0.1) is 0 Å². The SMILES string of the molecule is CC(=O)Oc1ccc(OC(C)=O)c2c1CC=C(CCC1OC1(C)C)C2. The number of esters is 2. The molecule has 134 valence electrons. The lowest BCUT2D eigenvalue weighted by molar-refractivity contribution is -0.133. The minimum absolute atomic E-state index is 0.00146. The molecule has 1 saturated heterocycles. The van der Waals surface area contributed by atoms with Crippen molar-refractivity contribution in [2.75, 3.05) is 0 Å². The van der Waals surface area contributed by atoms with E-state index in [1.807, 2.05) is 0 Å². The number of hydrogen-bond acceptors (Lipinski definition) is 5. The standard InChI is InChI=1S/C20H24O5/c1-12(21)23-17-8-9-18(24-13(2)22)16-11-14(5-7-15(16)17)6-10-19-20(3,4)25-19/h5,8-9,19H,6-7,10-11H2,1-4H3. The van der Waals surface area contributed by atoms with Crippen molar-refractivity contribution in [3.8, 4) is 11.5 Å². The van der Waals surface area contributed by atoms with Gasteiger partial charge in [-0.15, -0.1) is 0 Å². The van der Waals surface area contributed by atoms with Gasteiger partial charge in [-0.2, -0.15) is 0 Å². The van der Waals surface area contributed by atoms with Crippen LogP contribution < -0.4 is 9.47 Å². The highest BCUT2D eigenvalue weighted by molar-refractivity contribution is 5.73. The van der Waals surface area contributed by atoms with Crippen LogP contribution in [-0.4, -0.2) is 23.6 Å². The second-order valence-corrected chi connectivity index (χ2v) is 7.20. The molecule has 1 unspecified atom stereocenters. The third-order valence-corrected chi connectivity index (χ3v) is 4.74. The lowest BCUT2D eigenvalue weighted by atomic mass is 9.87. The van der Waals surface area contributed by atoms with Crippen molar-refractivity contribution in [2.45, 2.75) is 65.1 Å². The van der Waals surface area contributed by atoms with Crippen LogP contribution >= 0.6 is 0 Å². The molecule has 0 radical (unpaired) electrons. The number of carbonyl (C=O) groups is 2. The Morgan fingerprint density at radius 1 is 1.12 bits per heavy atom. The number of carbonyl (C=O) groups excluding carboxylic acids is 2. The van der Waals surface area contributed by atoms with Gasteiger partial charge in [0.1, 0.15) is 11.5 Å². The predicted molar refractivity (Wildman–Crippen MR) is 92.7 cm³/mol. The zero-order valence-electron chi connectivity index (χ0n) is 15.2. The van der Waals surface area contributed by atoms with Crippen molar-refractivity contribution in [1.82, 2.24) is 0 Å². The Balaban J connectivity index is 1.79. The molecule has 2 aliphatic rings. The number of fused-ring (bicyclic) bond motifs is 1. The predicted octanol–water partition coefficient (Wildman–Crippen LogP) is 3.52. The molecule has 5 nitrogen and oxygen atoms in total. The fraction of sp³-hybridized carbons (Fsp3) is 0.500. The largest absolute Gasteiger partial charge is 0.426 e. The molecule has 0 N–H and O–H groups in total. The van der Waals surface area contributed by atoms with E-state index in [-0.39, 0.29) is 17.5 Å². The number of epoxide rings is 1. The third-order valence-electron chi connectivity index (χ3n) is 4.74. The van der Waals surface area contributed by atoms with Crippen LogP contribution in [0.5, 0.6) is 11.5 Å². The van der Waals surface area contributed by atoms with Gasteiger partial charge in [-0.05, 0) is 51.7 Å². The molecule has 1 heterocycles.